The van der Waals surface area contributed by atoms with Crippen LogP contribution in [0.3, 0.4) is 0 Å². The summed E-state index contributed by atoms with van der Waals surface area (Å²) in [7, 11) is 1.56. The molecule has 1 saturated carbocycles. The highest BCUT2D eigenvalue weighted by Crippen LogP contribution is 2.43. The third kappa shape index (κ3) is 4.81. The molecule has 1 N–H and O–H groups in total. The second-order valence-corrected chi connectivity index (χ2v) is 11.5. The Bertz CT molecular complexity index is 1550. The minimum atomic E-state index is -0.698. The van der Waals surface area contributed by atoms with Gasteiger partial charge in [0.15, 0.2) is 5.75 Å². The van der Waals surface area contributed by atoms with Crippen molar-refractivity contribution in [3.05, 3.63) is 36.2 Å². The zero-order chi connectivity index (χ0) is 27.5. The van der Waals surface area contributed by atoms with Crippen molar-refractivity contribution in [2.45, 2.75) is 52.6 Å². The van der Waals surface area contributed by atoms with Gasteiger partial charge in [-0.2, -0.15) is 9.97 Å². The van der Waals surface area contributed by atoms with Gasteiger partial charge < -0.3 is 19.4 Å². The fourth-order valence-electron chi connectivity index (χ4n) is 5.72. The van der Waals surface area contributed by atoms with Crippen LogP contribution in [0.2, 0.25) is 0 Å². The van der Waals surface area contributed by atoms with E-state index in [0.717, 1.165) is 13.1 Å². The fourth-order valence-corrected chi connectivity index (χ4v) is 5.72. The fraction of sp³-hybridized carbons (Fsp3) is 0.464. The summed E-state index contributed by atoms with van der Waals surface area (Å²) in [5.74, 6) is 2.47. The van der Waals surface area contributed by atoms with Gasteiger partial charge in [-0.3, -0.25) is 4.90 Å². The number of carbonyl (C=O) groups excluding carboxylic acids is 1. The van der Waals surface area contributed by atoms with Crippen molar-refractivity contribution in [2.75, 3.05) is 29.9 Å². The second-order valence-electron chi connectivity index (χ2n) is 11.5. The number of aryl methyl sites for hydroxylation is 1. The number of fused-ring (bicyclic) bond motifs is 4. The number of hydrogen-bond acceptors (Lipinski definition) is 8. The van der Waals surface area contributed by atoms with Gasteiger partial charge in [-0.15, -0.1) is 0 Å². The maximum atomic E-state index is 15.1. The molecule has 2 atom stereocenters. The lowest BCUT2D eigenvalue weighted by atomic mass is 10.0. The van der Waals surface area contributed by atoms with Crippen LogP contribution in [0.4, 0.5) is 20.7 Å². The molecule has 1 aliphatic carbocycles. The average Bonchev–Trinajstić information content (AvgIpc) is 3.56. The molecule has 6 rings (SSSR count). The SMILES string of the molecule is Cc1ncc(Oc2nc(N3C[C@H]4CCC[C@H]4C3)c3c(n2)[nH]c2c(N(C)C(=O)OC(C)(C)C)cc(F)cc23)cn1. The topological polar surface area (TPSA) is 109 Å². The van der Waals surface area contributed by atoms with E-state index in [0.29, 0.717) is 56.9 Å². The normalized spacial score (nSPS) is 19.1. The summed E-state index contributed by atoms with van der Waals surface area (Å²) in [4.78, 5) is 37.6. The van der Waals surface area contributed by atoms with E-state index in [1.807, 2.05) is 0 Å². The molecule has 1 amide bonds. The van der Waals surface area contributed by atoms with Gasteiger partial charge in [-0.1, -0.05) is 6.42 Å². The number of hydrogen-bond donors (Lipinski definition) is 1. The van der Waals surface area contributed by atoms with Crippen LogP contribution < -0.4 is 14.5 Å². The van der Waals surface area contributed by atoms with Gasteiger partial charge in [0, 0.05) is 25.5 Å². The number of nitrogens with zero attached hydrogens (tertiary/aromatic N) is 6. The molecule has 204 valence electrons. The Hall–Kier alpha value is -4.02. The predicted octanol–water partition coefficient (Wildman–Crippen LogP) is 5.75. The largest absolute Gasteiger partial charge is 0.443 e. The summed E-state index contributed by atoms with van der Waals surface area (Å²) in [6.07, 6.45) is 6.21. The smallest absolute Gasteiger partial charge is 0.414 e. The van der Waals surface area contributed by atoms with Crippen molar-refractivity contribution in [2.24, 2.45) is 11.8 Å². The highest BCUT2D eigenvalue weighted by Gasteiger charge is 2.38. The monoisotopic (exact) mass is 533 g/mol. The first-order chi connectivity index (χ1) is 18.6. The Labute approximate surface area is 225 Å². The summed E-state index contributed by atoms with van der Waals surface area (Å²) in [5, 5.41) is 1.28. The summed E-state index contributed by atoms with van der Waals surface area (Å²) < 4.78 is 26.6. The maximum Gasteiger partial charge on any atom is 0.414 e. The molecule has 2 fully saturated rings. The number of amides is 1. The highest BCUT2D eigenvalue weighted by atomic mass is 19.1. The number of aromatic nitrogens is 5. The highest BCUT2D eigenvalue weighted by molar-refractivity contribution is 6.16. The van der Waals surface area contributed by atoms with Crippen molar-refractivity contribution in [1.29, 1.82) is 0 Å². The number of H-pyrrole nitrogens is 1. The van der Waals surface area contributed by atoms with Crippen LogP contribution in [-0.2, 0) is 4.74 Å². The summed E-state index contributed by atoms with van der Waals surface area (Å²) in [6, 6.07) is 2.91. The van der Waals surface area contributed by atoms with E-state index in [1.54, 1.807) is 47.1 Å². The van der Waals surface area contributed by atoms with Gasteiger partial charge in [0.1, 0.15) is 28.7 Å². The van der Waals surface area contributed by atoms with Crippen molar-refractivity contribution < 1.29 is 18.7 Å². The third-order valence-electron chi connectivity index (χ3n) is 7.49. The van der Waals surface area contributed by atoms with Gasteiger partial charge >= 0.3 is 12.1 Å². The number of carbonyl (C=O) groups is 1. The average molecular weight is 534 g/mol. The molecule has 0 spiro atoms. The van der Waals surface area contributed by atoms with Crippen LogP contribution >= 0.6 is 0 Å². The lowest BCUT2D eigenvalue weighted by Crippen LogP contribution is -2.34. The first-order valence-electron chi connectivity index (χ1n) is 13.3. The van der Waals surface area contributed by atoms with E-state index in [-0.39, 0.29) is 6.01 Å². The van der Waals surface area contributed by atoms with Gasteiger partial charge in [0.05, 0.1) is 29.0 Å². The zero-order valence-electron chi connectivity index (χ0n) is 22.8. The van der Waals surface area contributed by atoms with Crippen LogP contribution in [0.1, 0.15) is 45.9 Å². The first-order valence-corrected chi connectivity index (χ1v) is 13.3. The van der Waals surface area contributed by atoms with Crippen LogP contribution in [0.15, 0.2) is 24.5 Å². The minimum absolute atomic E-state index is 0.135. The Morgan fingerprint density at radius 3 is 2.49 bits per heavy atom. The maximum absolute atomic E-state index is 15.1. The summed E-state index contributed by atoms with van der Waals surface area (Å²) >= 11 is 0. The molecule has 3 aromatic heterocycles. The van der Waals surface area contributed by atoms with Crippen LogP contribution in [-0.4, -0.2) is 56.8 Å². The van der Waals surface area contributed by atoms with Crippen molar-refractivity contribution >= 4 is 39.5 Å². The van der Waals surface area contributed by atoms with E-state index in [9.17, 15) is 4.79 Å². The number of nitrogens with one attached hydrogen (secondary N) is 1. The molecule has 1 aromatic carbocycles. The zero-order valence-corrected chi connectivity index (χ0v) is 22.8. The van der Waals surface area contributed by atoms with Gasteiger partial charge in [-0.05, 0) is 64.5 Å². The van der Waals surface area contributed by atoms with E-state index >= 15 is 4.39 Å². The van der Waals surface area contributed by atoms with E-state index in [1.165, 1.54) is 36.3 Å². The molecule has 10 nitrogen and oxygen atoms in total. The summed E-state index contributed by atoms with van der Waals surface area (Å²) in [6.45, 7) is 8.90. The molecule has 2 aliphatic rings. The molecule has 11 heteroatoms. The lowest BCUT2D eigenvalue weighted by molar-refractivity contribution is 0.0589. The number of benzene rings is 1. The molecular weight excluding hydrogens is 501 g/mol. The molecule has 4 aromatic rings. The molecule has 0 unspecified atom stereocenters. The van der Waals surface area contributed by atoms with Crippen LogP contribution in [0, 0.1) is 24.6 Å². The molecule has 0 radical (unpaired) electrons. The molecule has 39 heavy (non-hydrogen) atoms. The van der Waals surface area contributed by atoms with Crippen molar-refractivity contribution in [1.82, 2.24) is 24.9 Å². The first kappa shape index (κ1) is 25.3. The lowest BCUT2D eigenvalue weighted by Gasteiger charge is -2.25. The standard InChI is InChI=1S/C28H32FN7O3/c1-15-30-11-19(12-31-15)38-26-33-24-22(25(34-26)36-13-16-7-6-8-17(16)14-36)20-9-18(29)10-21(23(20)32-24)35(5)27(37)39-28(2,3)4/h9-12,16-17H,6-8,13-14H2,1-5H3,(H,32,33,34)/t16-,17+. The third-order valence-corrected chi connectivity index (χ3v) is 7.49. The molecule has 0 bridgehead atoms. The minimum Gasteiger partial charge on any atom is -0.443 e. The van der Waals surface area contributed by atoms with E-state index in [4.69, 9.17) is 14.5 Å². The number of aromatic amines is 1. The Morgan fingerprint density at radius 1 is 1.13 bits per heavy atom. The van der Waals surface area contributed by atoms with E-state index < -0.39 is 17.5 Å². The van der Waals surface area contributed by atoms with Gasteiger partial charge in [0.2, 0.25) is 0 Å². The predicted molar refractivity (Wildman–Crippen MR) is 146 cm³/mol. The molecule has 1 saturated heterocycles. The number of anilines is 2. The quantitative estimate of drug-likeness (QED) is 0.353. The Morgan fingerprint density at radius 2 is 1.82 bits per heavy atom. The number of halogens is 1. The number of rotatable bonds is 4. The second kappa shape index (κ2) is 9.32. The molecule has 4 heterocycles. The molecule has 1 aliphatic heterocycles. The van der Waals surface area contributed by atoms with Crippen LogP contribution in [0.25, 0.3) is 21.9 Å². The molecular formula is C28H32FN7O3. The van der Waals surface area contributed by atoms with Crippen LogP contribution in [0.5, 0.6) is 11.8 Å². The van der Waals surface area contributed by atoms with Crippen molar-refractivity contribution in [3.8, 4) is 11.8 Å². The summed E-state index contributed by atoms with van der Waals surface area (Å²) in [5.41, 5.74) is 0.692. The van der Waals surface area contributed by atoms with Gasteiger partial charge in [0.25, 0.3) is 0 Å². The Balaban J connectivity index is 1.50. The number of ether oxygens (including phenoxy) is 2. The van der Waals surface area contributed by atoms with E-state index in [2.05, 4.69) is 24.8 Å². The Kier molecular flexibility index (Phi) is 6.04. The van der Waals surface area contributed by atoms with Crippen molar-refractivity contribution in [3.63, 3.8) is 0 Å². The van der Waals surface area contributed by atoms with Gasteiger partial charge in [-0.25, -0.2) is 19.2 Å².